The van der Waals surface area contributed by atoms with Crippen molar-refractivity contribution in [1.82, 2.24) is 10.1 Å². The van der Waals surface area contributed by atoms with Crippen molar-refractivity contribution in [3.8, 4) is 17.1 Å². The number of aryl methyl sites for hydroxylation is 1. The Bertz CT molecular complexity index is 903. The number of carbonyl (C=O) groups is 1. The zero-order valence-corrected chi connectivity index (χ0v) is 13.1. The van der Waals surface area contributed by atoms with Crippen LogP contribution in [0, 0.1) is 0 Å². The smallest absolute Gasteiger partial charge is 0.279 e. The summed E-state index contributed by atoms with van der Waals surface area (Å²) in [5, 5.41) is 6.73. The third kappa shape index (κ3) is 2.42. The van der Waals surface area contributed by atoms with Gasteiger partial charge in [0, 0.05) is 17.3 Å². The molecule has 6 nitrogen and oxygen atoms in total. The molecule has 24 heavy (non-hydrogen) atoms. The highest BCUT2D eigenvalue weighted by Gasteiger charge is 2.28. The van der Waals surface area contributed by atoms with Gasteiger partial charge in [-0.3, -0.25) is 4.79 Å². The van der Waals surface area contributed by atoms with Crippen molar-refractivity contribution < 1.29 is 14.1 Å². The molecular weight excluding hydrogens is 306 g/mol. The third-order valence-corrected chi connectivity index (χ3v) is 4.11. The monoisotopic (exact) mass is 321 g/mol. The second kappa shape index (κ2) is 5.81. The molecule has 4 rings (SSSR count). The van der Waals surface area contributed by atoms with Gasteiger partial charge in [-0.2, -0.15) is 0 Å². The summed E-state index contributed by atoms with van der Waals surface area (Å²) in [6, 6.07) is 11.1. The molecule has 1 N–H and O–H groups in total. The molecule has 2 heterocycles. The number of anilines is 1. The molecule has 0 radical (unpaired) electrons. The van der Waals surface area contributed by atoms with Crippen LogP contribution >= 0.6 is 0 Å². The largest absolute Gasteiger partial charge is 0.497 e. The van der Waals surface area contributed by atoms with Gasteiger partial charge < -0.3 is 14.6 Å². The van der Waals surface area contributed by atoms with Crippen LogP contribution in [-0.4, -0.2) is 23.2 Å². The van der Waals surface area contributed by atoms with Crippen LogP contribution in [0.3, 0.4) is 0 Å². The van der Waals surface area contributed by atoms with Crippen LogP contribution in [-0.2, 0) is 12.8 Å². The number of hydrogen-bond donors (Lipinski definition) is 1. The van der Waals surface area contributed by atoms with E-state index in [0.717, 1.165) is 28.9 Å². The van der Waals surface area contributed by atoms with Crippen LogP contribution in [0.1, 0.15) is 21.6 Å². The summed E-state index contributed by atoms with van der Waals surface area (Å²) in [7, 11) is 1.64. The van der Waals surface area contributed by atoms with E-state index < -0.39 is 0 Å². The first-order valence-electron chi connectivity index (χ1n) is 7.64. The summed E-state index contributed by atoms with van der Waals surface area (Å²) < 4.78 is 10.7. The summed E-state index contributed by atoms with van der Waals surface area (Å²) >= 11 is 0. The normalized spacial score (nSPS) is 12.2. The molecule has 0 saturated carbocycles. The number of hydrogen-bond acceptors (Lipinski definition) is 5. The number of rotatable bonds is 3. The van der Waals surface area contributed by atoms with Gasteiger partial charge in [0.1, 0.15) is 11.6 Å². The summed E-state index contributed by atoms with van der Waals surface area (Å²) in [4.78, 5) is 16.6. The van der Waals surface area contributed by atoms with Gasteiger partial charge in [-0.25, -0.2) is 4.98 Å². The predicted octanol–water partition coefficient (Wildman–Crippen LogP) is 3.10. The van der Waals surface area contributed by atoms with E-state index in [2.05, 4.69) is 15.5 Å². The number of ether oxygens (including phenoxy) is 1. The Morgan fingerprint density at radius 1 is 1.25 bits per heavy atom. The van der Waals surface area contributed by atoms with Crippen molar-refractivity contribution >= 4 is 11.7 Å². The maximum Gasteiger partial charge on any atom is 0.279 e. The number of nitrogens with one attached hydrogen (secondary N) is 1. The van der Waals surface area contributed by atoms with Crippen LogP contribution in [0.4, 0.5) is 5.82 Å². The number of aromatic nitrogens is 2. The lowest BCUT2D eigenvalue weighted by molar-refractivity contribution is 0.101. The first kappa shape index (κ1) is 14.4. The van der Waals surface area contributed by atoms with Gasteiger partial charge in [0.05, 0.1) is 7.11 Å². The Hall–Kier alpha value is -3.15. The van der Waals surface area contributed by atoms with Gasteiger partial charge in [-0.15, -0.1) is 0 Å². The first-order chi connectivity index (χ1) is 11.8. The molecule has 0 unspecified atom stereocenters. The van der Waals surface area contributed by atoms with Crippen molar-refractivity contribution in [2.75, 3.05) is 12.4 Å². The minimum atomic E-state index is -0.310. The molecule has 0 bridgehead atoms. The van der Waals surface area contributed by atoms with Crippen molar-refractivity contribution in [2.24, 2.45) is 0 Å². The molecule has 6 heteroatoms. The molecule has 0 fully saturated rings. The fourth-order valence-electron chi connectivity index (χ4n) is 2.93. The lowest BCUT2D eigenvalue weighted by atomic mass is 9.89. The lowest BCUT2D eigenvalue weighted by Gasteiger charge is -2.15. The van der Waals surface area contributed by atoms with E-state index >= 15 is 0 Å². The summed E-state index contributed by atoms with van der Waals surface area (Å²) in [6.45, 7) is 0. The number of carbonyl (C=O) groups excluding carboxylic acids is 1. The molecule has 1 amide bonds. The third-order valence-electron chi connectivity index (χ3n) is 4.11. The van der Waals surface area contributed by atoms with Gasteiger partial charge in [-0.1, -0.05) is 11.2 Å². The SMILES string of the molecule is COc1ccc2c(c1)CCc1c(C(=O)Nc3ccccn3)noc1-2. The van der Waals surface area contributed by atoms with E-state index in [1.807, 2.05) is 24.3 Å². The van der Waals surface area contributed by atoms with E-state index in [0.29, 0.717) is 23.7 Å². The second-order valence-corrected chi connectivity index (χ2v) is 5.53. The van der Waals surface area contributed by atoms with Crippen molar-refractivity contribution in [3.05, 3.63) is 59.4 Å². The molecule has 1 aliphatic rings. The number of benzene rings is 1. The second-order valence-electron chi connectivity index (χ2n) is 5.53. The van der Waals surface area contributed by atoms with Crippen molar-refractivity contribution in [1.29, 1.82) is 0 Å². The van der Waals surface area contributed by atoms with Crippen LogP contribution in [0.25, 0.3) is 11.3 Å². The predicted molar refractivity (Wildman–Crippen MR) is 88.1 cm³/mol. The topological polar surface area (TPSA) is 77.2 Å². The average molecular weight is 321 g/mol. The molecular formula is C18H15N3O3. The molecule has 0 spiro atoms. The Morgan fingerprint density at radius 2 is 2.17 bits per heavy atom. The van der Waals surface area contributed by atoms with Gasteiger partial charge in [0.2, 0.25) is 0 Å². The van der Waals surface area contributed by atoms with E-state index in [4.69, 9.17) is 9.26 Å². The fraction of sp³-hybridized carbons (Fsp3) is 0.167. The maximum atomic E-state index is 12.5. The zero-order chi connectivity index (χ0) is 16.5. The first-order valence-corrected chi connectivity index (χ1v) is 7.64. The van der Waals surface area contributed by atoms with Gasteiger partial charge in [0.25, 0.3) is 5.91 Å². The Labute approximate surface area is 138 Å². The van der Waals surface area contributed by atoms with Crippen molar-refractivity contribution in [2.45, 2.75) is 12.8 Å². The van der Waals surface area contributed by atoms with E-state index in [1.54, 1.807) is 25.4 Å². The number of methoxy groups -OCH3 is 1. The molecule has 0 saturated heterocycles. The molecule has 2 aromatic heterocycles. The summed E-state index contributed by atoms with van der Waals surface area (Å²) in [5.41, 5.74) is 3.24. The quantitative estimate of drug-likeness (QED) is 0.802. The Kier molecular flexibility index (Phi) is 3.49. The molecule has 0 atom stereocenters. The maximum absolute atomic E-state index is 12.5. The molecule has 1 aromatic carbocycles. The summed E-state index contributed by atoms with van der Waals surface area (Å²) in [6.07, 6.45) is 3.13. The number of pyridine rings is 1. The fourth-order valence-corrected chi connectivity index (χ4v) is 2.93. The minimum absolute atomic E-state index is 0.310. The minimum Gasteiger partial charge on any atom is -0.497 e. The van der Waals surface area contributed by atoms with E-state index in [9.17, 15) is 4.79 Å². The van der Waals surface area contributed by atoms with Crippen LogP contribution in [0.5, 0.6) is 5.75 Å². The van der Waals surface area contributed by atoms with Crippen LogP contribution < -0.4 is 10.1 Å². The molecule has 1 aliphatic carbocycles. The molecule has 120 valence electrons. The highest BCUT2D eigenvalue weighted by atomic mass is 16.5. The van der Waals surface area contributed by atoms with Crippen LogP contribution in [0.2, 0.25) is 0 Å². The number of fused-ring (bicyclic) bond motifs is 3. The summed E-state index contributed by atoms with van der Waals surface area (Å²) in [5.74, 6) is 1.64. The van der Waals surface area contributed by atoms with Gasteiger partial charge in [0.15, 0.2) is 11.5 Å². The molecule has 3 aromatic rings. The lowest BCUT2D eigenvalue weighted by Crippen LogP contribution is -2.16. The standard InChI is InChI=1S/C18H15N3O3/c1-23-12-6-8-13-11(10-12)5-7-14-16(21-24-17(13)14)18(22)20-15-4-2-3-9-19-15/h2-4,6,8-10H,5,7H2,1H3,(H,19,20,22). The van der Waals surface area contributed by atoms with E-state index in [-0.39, 0.29) is 5.91 Å². The van der Waals surface area contributed by atoms with Gasteiger partial charge >= 0.3 is 0 Å². The Balaban J connectivity index is 1.67. The van der Waals surface area contributed by atoms with Crippen molar-refractivity contribution in [3.63, 3.8) is 0 Å². The highest BCUT2D eigenvalue weighted by molar-refractivity contribution is 6.04. The number of nitrogens with zero attached hydrogens (tertiary/aromatic N) is 2. The van der Waals surface area contributed by atoms with Crippen LogP contribution in [0.15, 0.2) is 47.1 Å². The highest BCUT2D eigenvalue weighted by Crippen LogP contribution is 2.37. The zero-order valence-electron chi connectivity index (χ0n) is 13.1. The molecule has 0 aliphatic heterocycles. The van der Waals surface area contributed by atoms with E-state index in [1.165, 1.54) is 0 Å². The number of amides is 1. The Morgan fingerprint density at radius 3 is 2.96 bits per heavy atom. The van der Waals surface area contributed by atoms with Gasteiger partial charge in [-0.05, 0) is 48.7 Å². The average Bonchev–Trinajstić information content (AvgIpc) is 3.06.